The number of aliphatic hydroxyl groups is 1. The Morgan fingerprint density at radius 1 is 0.966 bits per heavy atom. The van der Waals surface area contributed by atoms with Gasteiger partial charge in [-0.1, -0.05) is 12.1 Å². The summed E-state index contributed by atoms with van der Waals surface area (Å²) in [6.07, 6.45) is 3.00. The number of ketones is 1. The molecule has 2 N–H and O–H groups in total. The Labute approximate surface area is 165 Å². The maximum absolute atomic E-state index is 13.3. The molecule has 144 valence electrons. The quantitative estimate of drug-likeness (QED) is 0.405. The highest BCUT2D eigenvalue weighted by molar-refractivity contribution is 6.51. The Kier molecular flexibility index (Phi) is 4.56. The Hall–Kier alpha value is -4.00. The van der Waals surface area contributed by atoms with Gasteiger partial charge in [0, 0.05) is 18.0 Å². The lowest BCUT2D eigenvalue weighted by molar-refractivity contribution is -0.132. The molecule has 0 saturated carbocycles. The van der Waals surface area contributed by atoms with Crippen molar-refractivity contribution in [3.63, 3.8) is 0 Å². The van der Waals surface area contributed by atoms with E-state index in [0.29, 0.717) is 5.56 Å². The maximum atomic E-state index is 13.3. The number of aromatic nitrogens is 1. The number of aliphatic hydroxyl groups excluding tert-OH is 1. The van der Waals surface area contributed by atoms with Crippen molar-refractivity contribution in [1.29, 1.82) is 0 Å². The van der Waals surface area contributed by atoms with Crippen molar-refractivity contribution in [3.8, 4) is 5.75 Å². The molecule has 2 aromatic carbocycles. The predicted molar refractivity (Wildman–Crippen MR) is 104 cm³/mol. The largest absolute Gasteiger partial charge is 0.507 e. The van der Waals surface area contributed by atoms with Crippen molar-refractivity contribution >= 4 is 23.1 Å². The van der Waals surface area contributed by atoms with Gasteiger partial charge < -0.3 is 10.2 Å². The molecule has 0 spiro atoms. The Bertz CT molecular complexity index is 1130. The minimum absolute atomic E-state index is 0.134. The highest BCUT2D eigenvalue weighted by Crippen LogP contribution is 2.44. The molecule has 1 aromatic heterocycles. The molecule has 29 heavy (non-hydrogen) atoms. The number of aromatic hydroxyl groups is 1. The number of hydrogen-bond acceptors (Lipinski definition) is 5. The number of amides is 1. The highest BCUT2D eigenvalue weighted by atomic mass is 19.1. The van der Waals surface area contributed by atoms with Crippen LogP contribution in [0.15, 0.2) is 78.6 Å². The van der Waals surface area contributed by atoms with Crippen molar-refractivity contribution in [2.45, 2.75) is 6.04 Å². The topological polar surface area (TPSA) is 90.7 Å². The molecule has 7 heteroatoms. The van der Waals surface area contributed by atoms with Crippen LogP contribution in [-0.2, 0) is 9.59 Å². The van der Waals surface area contributed by atoms with Gasteiger partial charge >= 0.3 is 0 Å². The van der Waals surface area contributed by atoms with Gasteiger partial charge in [0.2, 0.25) is 0 Å². The van der Waals surface area contributed by atoms with E-state index < -0.39 is 29.3 Å². The fourth-order valence-electron chi connectivity index (χ4n) is 3.37. The highest BCUT2D eigenvalue weighted by Gasteiger charge is 2.47. The maximum Gasteiger partial charge on any atom is 0.300 e. The molecule has 6 nitrogen and oxygen atoms in total. The SMILES string of the molecule is O=C1C(=O)N(c2ccccc2O)C(c2ccncc2)/C1=C(\O)c1ccc(F)cc1. The minimum Gasteiger partial charge on any atom is -0.507 e. The van der Waals surface area contributed by atoms with Crippen molar-refractivity contribution in [1.82, 2.24) is 4.98 Å². The number of carbonyl (C=O) groups excluding carboxylic acids is 2. The van der Waals surface area contributed by atoms with E-state index in [1.54, 1.807) is 24.3 Å². The molecule has 2 heterocycles. The predicted octanol–water partition coefficient (Wildman–Crippen LogP) is 3.55. The second-order valence-electron chi connectivity index (χ2n) is 6.45. The summed E-state index contributed by atoms with van der Waals surface area (Å²) >= 11 is 0. The van der Waals surface area contributed by atoms with Crippen LogP contribution in [0.3, 0.4) is 0 Å². The summed E-state index contributed by atoms with van der Waals surface area (Å²) in [5.41, 5.74) is 0.692. The lowest BCUT2D eigenvalue weighted by Crippen LogP contribution is -2.29. The first kappa shape index (κ1) is 18.4. The summed E-state index contributed by atoms with van der Waals surface area (Å²) in [4.78, 5) is 30.9. The second-order valence-corrected chi connectivity index (χ2v) is 6.45. The third-order valence-corrected chi connectivity index (χ3v) is 4.73. The molecule has 1 atom stereocenters. The minimum atomic E-state index is -0.989. The zero-order valence-corrected chi connectivity index (χ0v) is 15.0. The van der Waals surface area contributed by atoms with Crippen LogP contribution in [-0.4, -0.2) is 26.9 Å². The summed E-state index contributed by atoms with van der Waals surface area (Å²) in [5, 5.41) is 21.1. The van der Waals surface area contributed by atoms with Crippen LogP contribution in [0, 0.1) is 5.82 Å². The number of carbonyl (C=O) groups is 2. The van der Waals surface area contributed by atoms with E-state index in [9.17, 15) is 24.2 Å². The number of halogens is 1. The molecule has 1 aliphatic heterocycles. The average Bonchev–Trinajstić information content (AvgIpc) is 3.00. The molecule has 1 aliphatic rings. The van der Waals surface area contributed by atoms with E-state index in [0.717, 1.165) is 17.0 Å². The molecule has 0 radical (unpaired) electrons. The number of anilines is 1. The number of benzene rings is 2. The van der Waals surface area contributed by atoms with Crippen molar-refractivity contribution in [2.75, 3.05) is 4.90 Å². The first-order chi connectivity index (χ1) is 14.0. The van der Waals surface area contributed by atoms with Crippen LogP contribution in [0.4, 0.5) is 10.1 Å². The average molecular weight is 390 g/mol. The molecule has 4 rings (SSSR count). The summed E-state index contributed by atoms with van der Waals surface area (Å²) in [5.74, 6) is -2.91. The molecule has 1 saturated heterocycles. The van der Waals surface area contributed by atoms with E-state index in [1.165, 1.54) is 36.7 Å². The van der Waals surface area contributed by atoms with Crippen LogP contribution in [0.25, 0.3) is 5.76 Å². The molecule has 3 aromatic rings. The lowest BCUT2D eigenvalue weighted by Gasteiger charge is -2.25. The van der Waals surface area contributed by atoms with Crippen LogP contribution >= 0.6 is 0 Å². The standard InChI is InChI=1S/C22H15FN2O4/c23-15-7-5-14(6-8-15)20(27)18-19(13-9-11-24-12-10-13)25(22(29)21(18)28)16-3-1-2-4-17(16)26/h1-12,19,26-27H/b20-18+. The number of pyridine rings is 1. The summed E-state index contributed by atoms with van der Waals surface area (Å²) in [6.45, 7) is 0. The van der Waals surface area contributed by atoms with Gasteiger partial charge in [-0.3, -0.25) is 19.5 Å². The molecule has 1 fully saturated rings. The smallest absolute Gasteiger partial charge is 0.300 e. The summed E-state index contributed by atoms with van der Waals surface area (Å²) < 4.78 is 13.3. The van der Waals surface area contributed by atoms with Crippen LogP contribution < -0.4 is 4.90 Å². The zero-order chi connectivity index (χ0) is 20.5. The van der Waals surface area contributed by atoms with Crippen molar-refractivity contribution < 1.29 is 24.2 Å². The number of para-hydroxylation sites is 2. The van der Waals surface area contributed by atoms with Gasteiger partial charge in [-0.05, 0) is 54.1 Å². The fraction of sp³-hybridized carbons (Fsp3) is 0.0455. The van der Waals surface area contributed by atoms with Gasteiger partial charge in [0.15, 0.2) is 0 Å². The van der Waals surface area contributed by atoms with Crippen LogP contribution in [0.2, 0.25) is 0 Å². The normalized spacial score (nSPS) is 18.2. The second kappa shape index (κ2) is 7.20. The molecule has 0 bridgehead atoms. The first-order valence-corrected chi connectivity index (χ1v) is 8.74. The van der Waals surface area contributed by atoms with E-state index in [2.05, 4.69) is 4.98 Å². The lowest BCUT2D eigenvalue weighted by atomic mass is 9.95. The van der Waals surface area contributed by atoms with Gasteiger partial charge in [-0.2, -0.15) is 0 Å². The van der Waals surface area contributed by atoms with E-state index in [4.69, 9.17) is 0 Å². The Morgan fingerprint density at radius 2 is 1.62 bits per heavy atom. The van der Waals surface area contributed by atoms with Gasteiger partial charge in [-0.15, -0.1) is 0 Å². The first-order valence-electron chi connectivity index (χ1n) is 8.74. The Morgan fingerprint density at radius 3 is 2.28 bits per heavy atom. The number of Topliss-reactive ketones (excluding diaryl/α,β-unsaturated/α-hetero) is 1. The van der Waals surface area contributed by atoms with Gasteiger partial charge in [0.05, 0.1) is 17.3 Å². The van der Waals surface area contributed by atoms with Crippen LogP contribution in [0.5, 0.6) is 5.75 Å². The molecule has 1 amide bonds. The summed E-state index contributed by atoms with van der Waals surface area (Å²) in [6, 6.07) is 13.3. The van der Waals surface area contributed by atoms with Gasteiger partial charge in [-0.25, -0.2) is 4.39 Å². The monoisotopic (exact) mass is 390 g/mol. The zero-order valence-electron chi connectivity index (χ0n) is 15.0. The number of rotatable bonds is 3. The van der Waals surface area contributed by atoms with E-state index >= 15 is 0 Å². The molecular weight excluding hydrogens is 375 g/mol. The number of phenols is 1. The molecular formula is C22H15FN2O4. The third kappa shape index (κ3) is 3.12. The number of hydrogen-bond donors (Lipinski definition) is 2. The molecule has 0 aliphatic carbocycles. The van der Waals surface area contributed by atoms with Crippen molar-refractivity contribution in [3.05, 3.63) is 95.6 Å². The third-order valence-electron chi connectivity index (χ3n) is 4.73. The van der Waals surface area contributed by atoms with Crippen LogP contribution in [0.1, 0.15) is 17.2 Å². The van der Waals surface area contributed by atoms with Gasteiger partial charge in [0.1, 0.15) is 17.3 Å². The van der Waals surface area contributed by atoms with Gasteiger partial charge in [0.25, 0.3) is 11.7 Å². The molecule has 1 unspecified atom stereocenters. The van der Waals surface area contributed by atoms with Crippen molar-refractivity contribution in [2.24, 2.45) is 0 Å². The summed E-state index contributed by atoms with van der Waals surface area (Å²) in [7, 11) is 0. The van der Waals surface area contributed by atoms with E-state index in [1.807, 2.05) is 0 Å². The number of nitrogens with zero attached hydrogens (tertiary/aromatic N) is 2. The fourth-order valence-corrected chi connectivity index (χ4v) is 3.37. The van der Waals surface area contributed by atoms with E-state index in [-0.39, 0.29) is 22.6 Å². The number of phenolic OH excluding ortho intramolecular Hbond substituents is 1. The Balaban J connectivity index is 1.96.